The fourth-order valence-electron chi connectivity index (χ4n) is 1.75. The first kappa shape index (κ1) is 23.3. The number of nitrogens with one attached hydrogen (secondary N) is 1. The van der Waals surface area contributed by atoms with Gasteiger partial charge in [-0.1, -0.05) is 13.3 Å². The van der Waals surface area contributed by atoms with Crippen molar-refractivity contribution < 1.29 is 33.3 Å². The van der Waals surface area contributed by atoms with E-state index in [2.05, 4.69) is 12.2 Å². The lowest BCUT2D eigenvalue weighted by Gasteiger charge is -2.17. The highest BCUT2D eigenvalue weighted by atomic mass is 16.6. The quantitative estimate of drug-likeness (QED) is 0.346. The van der Waals surface area contributed by atoms with Crippen molar-refractivity contribution in [2.45, 2.75) is 52.6 Å². The van der Waals surface area contributed by atoms with Gasteiger partial charge in [0.1, 0.15) is 19.3 Å². The van der Waals surface area contributed by atoms with Crippen LogP contribution in [0.1, 0.15) is 46.5 Å². The van der Waals surface area contributed by atoms with Gasteiger partial charge >= 0.3 is 11.9 Å². The third-order valence-corrected chi connectivity index (χ3v) is 3.06. The van der Waals surface area contributed by atoms with Crippen LogP contribution in [0.4, 0.5) is 0 Å². The second kappa shape index (κ2) is 15.8. The van der Waals surface area contributed by atoms with E-state index in [1.165, 1.54) is 13.8 Å². The number of hydrogen-bond acceptors (Lipinski definition) is 7. The van der Waals surface area contributed by atoms with Crippen LogP contribution in [0.25, 0.3) is 0 Å². The second-order valence-corrected chi connectivity index (χ2v) is 5.52. The van der Waals surface area contributed by atoms with Gasteiger partial charge in [-0.15, -0.1) is 0 Å². The molecule has 0 unspecified atom stereocenters. The average molecular weight is 361 g/mol. The van der Waals surface area contributed by atoms with Crippen molar-refractivity contribution in [2.75, 3.05) is 39.6 Å². The third-order valence-electron chi connectivity index (χ3n) is 3.06. The van der Waals surface area contributed by atoms with Gasteiger partial charge in [0.15, 0.2) is 0 Å². The molecule has 0 aliphatic carbocycles. The molecule has 0 bridgehead atoms. The minimum absolute atomic E-state index is 0.00388. The lowest BCUT2D eigenvalue weighted by Crippen LogP contribution is -2.29. The Hall–Kier alpha value is -1.67. The van der Waals surface area contributed by atoms with Crippen molar-refractivity contribution in [3.8, 4) is 0 Å². The summed E-state index contributed by atoms with van der Waals surface area (Å²) in [6.07, 6.45) is 2.40. The molecule has 0 fully saturated rings. The summed E-state index contributed by atoms with van der Waals surface area (Å²) < 4.78 is 20.6. The number of carbonyl (C=O) groups is 3. The van der Waals surface area contributed by atoms with Gasteiger partial charge in [-0.2, -0.15) is 0 Å². The van der Waals surface area contributed by atoms with Crippen LogP contribution < -0.4 is 5.32 Å². The molecule has 0 aromatic heterocycles. The van der Waals surface area contributed by atoms with Crippen molar-refractivity contribution in [1.82, 2.24) is 5.32 Å². The van der Waals surface area contributed by atoms with Crippen molar-refractivity contribution in [2.24, 2.45) is 0 Å². The highest BCUT2D eigenvalue weighted by molar-refractivity contribution is 5.75. The van der Waals surface area contributed by atoms with E-state index in [4.69, 9.17) is 18.9 Å². The fraction of sp³-hybridized carbons (Fsp3) is 0.824. The summed E-state index contributed by atoms with van der Waals surface area (Å²) >= 11 is 0. The number of carbonyl (C=O) groups excluding carboxylic acids is 3. The Morgan fingerprint density at radius 3 is 2.12 bits per heavy atom. The molecule has 0 aromatic carbocycles. The van der Waals surface area contributed by atoms with Crippen LogP contribution >= 0.6 is 0 Å². The summed E-state index contributed by atoms with van der Waals surface area (Å²) in [5, 5.41) is 2.77. The monoisotopic (exact) mass is 361 g/mol. The van der Waals surface area contributed by atoms with Crippen LogP contribution in [0.3, 0.4) is 0 Å². The lowest BCUT2D eigenvalue weighted by molar-refractivity contribution is -0.152. The molecule has 0 rings (SSSR count). The van der Waals surface area contributed by atoms with Crippen molar-refractivity contribution in [3.63, 3.8) is 0 Å². The number of rotatable bonds is 15. The first-order valence-electron chi connectivity index (χ1n) is 8.68. The van der Waals surface area contributed by atoms with Gasteiger partial charge in [0.2, 0.25) is 5.91 Å². The van der Waals surface area contributed by atoms with E-state index in [1.807, 2.05) is 0 Å². The minimum atomic E-state index is -0.539. The summed E-state index contributed by atoms with van der Waals surface area (Å²) in [6.45, 7) is 6.70. The lowest BCUT2D eigenvalue weighted by atomic mass is 10.3. The summed E-state index contributed by atoms with van der Waals surface area (Å²) in [7, 11) is 0. The molecular weight excluding hydrogens is 330 g/mol. The van der Waals surface area contributed by atoms with E-state index in [-0.39, 0.29) is 19.1 Å². The molecule has 0 radical (unpaired) electrons. The molecule has 0 aromatic rings. The Kier molecular flexibility index (Phi) is 14.8. The van der Waals surface area contributed by atoms with Gasteiger partial charge in [0.25, 0.3) is 0 Å². The highest BCUT2D eigenvalue weighted by Crippen LogP contribution is 2.00. The Morgan fingerprint density at radius 2 is 1.56 bits per heavy atom. The molecule has 0 aliphatic heterocycles. The largest absolute Gasteiger partial charge is 0.463 e. The maximum Gasteiger partial charge on any atom is 0.302 e. The van der Waals surface area contributed by atoms with Crippen LogP contribution in [0.5, 0.6) is 0 Å². The van der Waals surface area contributed by atoms with Crippen LogP contribution in [0.2, 0.25) is 0 Å². The molecule has 1 amide bonds. The van der Waals surface area contributed by atoms with Crippen molar-refractivity contribution in [1.29, 1.82) is 0 Å². The first-order chi connectivity index (χ1) is 12.0. The smallest absolute Gasteiger partial charge is 0.302 e. The number of amides is 1. The van der Waals surface area contributed by atoms with Crippen LogP contribution in [0.15, 0.2) is 0 Å². The predicted octanol–water partition coefficient (Wildman–Crippen LogP) is 1.21. The van der Waals surface area contributed by atoms with E-state index in [9.17, 15) is 14.4 Å². The maximum absolute atomic E-state index is 11.6. The van der Waals surface area contributed by atoms with Gasteiger partial charge in [-0.05, 0) is 12.8 Å². The average Bonchev–Trinajstić information content (AvgIpc) is 2.56. The van der Waals surface area contributed by atoms with E-state index in [1.54, 1.807) is 0 Å². The standard InChI is InChI=1S/C17H31NO7/c1-4-5-9-22-11-8-18-17(21)7-6-10-23-16(12-24-14(2)19)13-25-15(3)20/h16H,4-13H2,1-3H3,(H,18,21). The van der Waals surface area contributed by atoms with Gasteiger partial charge in [0, 0.05) is 40.0 Å². The fourth-order valence-corrected chi connectivity index (χ4v) is 1.75. The zero-order valence-corrected chi connectivity index (χ0v) is 15.5. The normalized spacial score (nSPS) is 10.6. The number of esters is 2. The Balaban J connectivity index is 3.77. The van der Waals surface area contributed by atoms with E-state index < -0.39 is 18.0 Å². The summed E-state index contributed by atoms with van der Waals surface area (Å²) in [5.74, 6) is -0.937. The molecule has 146 valence electrons. The predicted molar refractivity (Wildman–Crippen MR) is 91.0 cm³/mol. The Labute approximate surface area is 149 Å². The molecular formula is C17H31NO7. The van der Waals surface area contributed by atoms with Crippen molar-refractivity contribution >= 4 is 17.8 Å². The Morgan fingerprint density at radius 1 is 0.920 bits per heavy atom. The summed E-state index contributed by atoms with van der Waals surface area (Å²) in [6, 6.07) is 0. The molecule has 0 atom stereocenters. The zero-order valence-electron chi connectivity index (χ0n) is 15.5. The summed E-state index contributed by atoms with van der Waals surface area (Å²) in [4.78, 5) is 33.3. The first-order valence-corrected chi connectivity index (χ1v) is 8.68. The van der Waals surface area contributed by atoms with Gasteiger partial charge in [-0.3, -0.25) is 14.4 Å². The molecule has 0 saturated carbocycles. The number of unbranched alkanes of at least 4 members (excludes halogenated alkanes) is 1. The van der Waals surface area contributed by atoms with Crippen molar-refractivity contribution in [3.05, 3.63) is 0 Å². The molecule has 8 nitrogen and oxygen atoms in total. The van der Waals surface area contributed by atoms with Gasteiger partial charge < -0.3 is 24.3 Å². The SMILES string of the molecule is CCCCOCCNC(=O)CCCOC(COC(C)=O)COC(C)=O. The minimum Gasteiger partial charge on any atom is -0.463 e. The topological polar surface area (TPSA) is 100 Å². The molecule has 25 heavy (non-hydrogen) atoms. The van der Waals surface area contributed by atoms with E-state index >= 15 is 0 Å². The second-order valence-electron chi connectivity index (χ2n) is 5.52. The Bertz CT molecular complexity index is 369. The van der Waals surface area contributed by atoms with Crippen LogP contribution in [-0.2, 0) is 33.3 Å². The molecule has 1 N–H and O–H groups in total. The molecule has 0 heterocycles. The molecule has 0 spiro atoms. The third kappa shape index (κ3) is 17.0. The van der Waals surface area contributed by atoms with E-state index in [0.29, 0.717) is 39.2 Å². The molecule has 0 aliphatic rings. The number of ether oxygens (including phenoxy) is 4. The zero-order chi connectivity index (χ0) is 18.9. The number of hydrogen-bond donors (Lipinski definition) is 1. The van der Waals surface area contributed by atoms with Crippen LogP contribution in [-0.4, -0.2) is 63.5 Å². The molecule has 8 heteroatoms. The molecule has 0 saturated heterocycles. The highest BCUT2D eigenvalue weighted by Gasteiger charge is 2.13. The van der Waals surface area contributed by atoms with E-state index in [0.717, 1.165) is 12.8 Å². The maximum atomic E-state index is 11.6. The van der Waals surface area contributed by atoms with Gasteiger partial charge in [0.05, 0.1) is 6.61 Å². The van der Waals surface area contributed by atoms with Crippen LogP contribution in [0, 0.1) is 0 Å². The summed E-state index contributed by atoms with van der Waals surface area (Å²) in [5.41, 5.74) is 0. The van der Waals surface area contributed by atoms with Gasteiger partial charge in [-0.25, -0.2) is 0 Å².